The Balaban J connectivity index is 1.66. The smallest absolute Gasteiger partial charge is 0.377 e. The van der Waals surface area contributed by atoms with E-state index >= 15 is 0 Å². The second-order valence-corrected chi connectivity index (χ2v) is 8.86. The molecule has 2 fully saturated rings. The van der Waals surface area contributed by atoms with Crippen LogP contribution in [0.1, 0.15) is 29.5 Å². The first-order valence-corrected chi connectivity index (χ1v) is 10.7. The third-order valence-corrected chi connectivity index (χ3v) is 6.69. The van der Waals surface area contributed by atoms with E-state index in [1.54, 1.807) is 6.07 Å². The van der Waals surface area contributed by atoms with Crippen molar-refractivity contribution in [3.05, 3.63) is 65.0 Å². The summed E-state index contributed by atoms with van der Waals surface area (Å²) >= 11 is 5.78. The van der Waals surface area contributed by atoms with Gasteiger partial charge in [0.2, 0.25) is 5.91 Å². The highest BCUT2D eigenvalue weighted by Gasteiger charge is 2.61. The normalized spacial score (nSPS) is 23.6. The van der Waals surface area contributed by atoms with E-state index in [2.05, 4.69) is 0 Å². The molecular weight excluding hydrogens is 478 g/mol. The molecule has 1 atom stereocenters. The van der Waals surface area contributed by atoms with Gasteiger partial charge in [-0.3, -0.25) is 14.5 Å². The van der Waals surface area contributed by atoms with Crippen molar-refractivity contribution in [1.29, 1.82) is 5.26 Å². The summed E-state index contributed by atoms with van der Waals surface area (Å²) in [6.45, 7) is -0.629. The fourth-order valence-corrected chi connectivity index (χ4v) is 4.68. The summed E-state index contributed by atoms with van der Waals surface area (Å²) in [5.41, 5.74) is -3.28. The van der Waals surface area contributed by atoms with Crippen LogP contribution in [0.5, 0.6) is 0 Å². The Bertz CT molecular complexity index is 1170. The highest BCUT2D eigenvalue weighted by atomic mass is 35.5. The molecule has 1 unspecified atom stereocenters. The van der Waals surface area contributed by atoms with Crippen LogP contribution in [0.4, 0.5) is 23.2 Å². The maximum absolute atomic E-state index is 14.7. The average Bonchev–Trinajstić information content (AvgIpc) is 2.74. The van der Waals surface area contributed by atoms with Gasteiger partial charge in [0.05, 0.1) is 22.9 Å². The first-order chi connectivity index (χ1) is 16.0. The summed E-state index contributed by atoms with van der Waals surface area (Å²) in [5.74, 6) is -2.47. The minimum absolute atomic E-state index is 0.0112. The fourth-order valence-electron chi connectivity index (χ4n) is 4.51. The maximum Gasteiger partial charge on any atom is 0.416 e. The van der Waals surface area contributed by atoms with E-state index < -0.39 is 52.9 Å². The van der Waals surface area contributed by atoms with E-state index in [-0.39, 0.29) is 30.6 Å². The molecule has 4 rings (SSSR count). The van der Waals surface area contributed by atoms with Crippen LogP contribution in [-0.2, 0) is 22.3 Å². The van der Waals surface area contributed by atoms with Gasteiger partial charge in [-0.05, 0) is 48.7 Å². The molecule has 178 valence electrons. The van der Waals surface area contributed by atoms with Gasteiger partial charge in [-0.1, -0.05) is 23.7 Å². The van der Waals surface area contributed by atoms with Crippen LogP contribution in [-0.4, -0.2) is 39.5 Å². The second kappa shape index (κ2) is 8.56. The van der Waals surface area contributed by atoms with Gasteiger partial charge >= 0.3 is 6.18 Å². The van der Waals surface area contributed by atoms with Gasteiger partial charge in [-0.2, -0.15) is 18.4 Å². The molecular formula is C23H18ClF4N3O3. The topological polar surface area (TPSA) is 84.6 Å². The van der Waals surface area contributed by atoms with Crippen molar-refractivity contribution >= 4 is 29.1 Å². The molecule has 2 aromatic rings. The summed E-state index contributed by atoms with van der Waals surface area (Å²) in [4.78, 5) is 29.0. The van der Waals surface area contributed by atoms with E-state index in [9.17, 15) is 32.3 Å². The average molecular weight is 496 g/mol. The molecule has 1 heterocycles. The molecule has 1 aliphatic carbocycles. The SMILES string of the molecule is N#Cc1ccc(N2CC(=O)N(Cc3ccc(C(F)(F)F)cc3)C3(CC(C(O)Cl)C3)C2=O)c(F)c1. The zero-order chi connectivity index (χ0) is 24.8. The maximum atomic E-state index is 14.7. The Morgan fingerprint density at radius 3 is 2.35 bits per heavy atom. The number of nitriles is 1. The zero-order valence-corrected chi connectivity index (χ0v) is 18.3. The molecule has 1 saturated heterocycles. The summed E-state index contributed by atoms with van der Waals surface area (Å²) in [5, 5.41) is 18.7. The van der Waals surface area contributed by atoms with Gasteiger partial charge in [0.25, 0.3) is 5.91 Å². The van der Waals surface area contributed by atoms with Gasteiger partial charge in [-0.25, -0.2) is 4.39 Å². The number of alkyl halides is 4. The molecule has 6 nitrogen and oxygen atoms in total. The van der Waals surface area contributed by atoms with Gasteiger partial charge in [0.15, 0.2) is 0 Å². The Hall–Kier alpha value is -3.16. The van der Waals surface area contributed by atoms with E-state index in [1.807, 2.05) is 0 Å². The van der Waals surface area contributed by atoms with Crippen molar-refractivity contribution < 1.29 is 32.3 Å². The largest absolute Gasteiger partial charge is 0.416 e. The van der Waals surface area contributed by atoms with Crippen molar-refractivity contribution in [2.75, 3.05) is 11.4 Å². The Labute approximate surface area is 196 Å². The first-order valence-electron chi connectivity index (χ1n) is 10.3. The van der Waals surface area contributed by atoms with Gasteiger partial charge in [-0.15, -0.1) is 0 Å². The standard InChI is InChI=1S/C23H18ClF4N3O3/c24-20(33)15-8-22(9-15)21(34)30(18-6-3-14(10-29)7-17(18)25)12-19(32)31(22)11-13-1-4-16(5-2-13)23(26,27)28/h1-7,15,20,33H,8-9,11-12H2. The van der Waals surface area contributed by atoms with Crippen molar-refractivity contribution in [1.82, 2.24) is 4.90 Å². The fraction of sp³-hybridized carbons (Fsp3) is 0.348. The predicted molar refractivity (Wildman–Crippen MR) is 113 cm³/mol. The number of aliphatic hydroxyl groups is 1. The quantitative estimate of drug-likeness (QED) is 0.516. The van der Waals surface area contributed by atoms with Crippen LogP contribution < -0.4 is 4.90 Å². The zero-order valence-electron chi connectivity index (χ0n) is 17.5. The second-order valence-electron chi connectivity index (χ2n) is 8.42. The van der Waals surface area contributed by atoms with Gasteiger partial charge < -0.3 is 10.0 Å². The van der Waals surface area contributed by atoms with Crippen LogP contribution in [0.2, 0.25) is 0 Å². The Morgan fingerprint density at radius 1 is 1.18 bits per heavy atom. The third-order valence-electron chi connectivity index (χ3n) is 6.33. The third kappa shape index (κ3) is 4.10. The van der Waals surface area contributed by atoms with Crippen molar-refractivity contribution in [2.24, 2.45) is 5.92 Å². The lowest BCUT2D eigenvalue weighted by Gasteiger charge is -2.57. The molecule has 1 aliphatic heterocycles. The van der Waals surface area contributed by atoms with Crippen molar-refractivity contribution in [2.45, 2.75) is 36.7 Å². The molecule has 2 amide bonds. The molecule has 1 spiro atoms. The summed E-state index contributed by atoms with van der Waals surface area (Å²) in [7, 11) is 0. The number of rotatable bonds is 4. The molecule has 2 aromatic carbocycles. The Morgan fingerprint density at radius 2 is 1.82 bits per heavy atom. The number of benzene rings is 2. The molecule has 2 aliphatic rings. The minimum atomic E-state index is -4.51. The highest BCUT2D eigenvalue weighted by Crippen LogP contribution is 2.49. The summed E-state index contributed by atoms with van der Waals surface area (Å²) in [6.07, 6.45) is -4.49. The van der Waals surface area contributed by atoms with E-state index in [4.69, 9.17) is 16.9 Å². The number of halogens is 5. The van der Waals surface area contributed by atoms with Crippen LogP contribution >= 0.6 is 11.6 Å². The number of carbonyl (C=O) groups excluding carboxylic acids is 2. The number of aliphatic hydroxyl groups excluding tert-OH is 1. The van der Waals surface area contributed by atoms with E-state index in [1.165, 1.54) is 29.2 Å². The Kier molecular flexibility index (Phi) is 6.04. The predicted octanol–water partition coefficient (Wildman–Crippen LogP) is 3.80. The molecule has 0 aromatic heterocycles. The minimum Gasteiger partial charge on any atom is -0.377 e. The van der Waals surface area contributed by atoms with Crippen molar-refractivity contribution in [3.8, 4) is 6.07 Å². The van der Waals surface area contributed by atoms with Gasteiger partial charge in [0, 0.05) is 12.5 Å². The first kappa shape index (κ1) is 24.0. The number of hydrogen-bond donors (Lipinski definition) is 1. The molecule has 34 heavy (non-hydrogen) atoms. The number of nitrogens with zero attached hydrogens (tertiary/aromatic N) is 3. The monoisotopic (exact) mass is 495 g/mol. The van der Waals surface area contributed by atoms with Crippen molar-refractivity contribution in [3.63, 3.8) is 0 Å². The van der Waals surface area contributed by atoms with Crippen LogP contribution in [0.25, 0.3) is 0 Å². The lowest BCUT2D eigenvalue weighted by Crippen LogP contribution is -2.73. The van der Waals surface area contributed by atoms with Gasteiger partial charge in [0.1, 0.15) is 23.5 Å². The molecule has 1 saturated carbocycles. The number of piperazine rings is 1. The lowest BCUT2D eigenvalue weighted by atomic mass is 9.65. The highest BCUT2D eigenvalue weighted by molar-refractivity contribution is 6.20. The molecule has 0 radical (unpaired) electrons. The number of carbonyl (C=O) groups is 2. The number of anilines is 1. The lowest BCUT2D eigenvalue weighted by molar-refractivity contribution is -0.164. The van der Waals surface area contributed by atoms with Crippen LogP contribution in [0.3, 0.4) is 0 Å². The number of hydrogen-bond acceptors (Lipinski definition) is 4. The van der Waals surface area contributed by atoms with Crippen LogP contribution in [0, 0.1) is 23.1 Å². The van der Waals surface area contributed by atoms with Crippen LogP contribution in [0.15, 0.2) is 42.5 Å². The summed E-state index contributed by atoms with van der Waals surface area (Å²) in [6, 6.07) is 9.56. The van der Waals surface area contributed by atoms with E-state index in [0.717, 1.165) is 23.1 Å². The molecule has 11 heteroatoms. The molecule has 0 bridgehead atoms. The van der Waals surface area contributed by atoms with E-state index in [0.29, 0.717) is 5.56 Å². The molecule has 1 N–H and O–H groups in total. The summed E-state index contributed by atoms with van der Waals surface area (Å²) < 4.78 is 53.3. The number of amides is 2.